The van der Waals surface area contributed by atoms with Crippen molar-refractivity contribution in [3.05, 3.63) is 60.3 Å². The van der Waals surface area contributed by atoms with Gasteiger partial charge < -0.3 is 14.0 Å². The zero-order valence-corrected chi connectivity index (χ0v) is 14.1. The van der Waals surface area contributed by atoms with Crippen LogP contribution in [0, 0.1) is 0 Å². The number of hydrazone groups is 1. The number of ether oxygens (including phenoxy) is 2. The summed E-state index contributed by atoms with van der Waals surface area (Å²) in [4.78, 5) is 12.1. The van der Waals surface area contributed by atoms with Crippen molar-refractivity contribution < 1.29 is 14.3 Å². The van der Waals surface area contributed by atoms with E-state index >= 15 is 0 Å². The van der Waals surface area contributed by atoms with Crippen molar-refractivity contribution >= 4 is 23.0 Å². The number of benzene rings is 2. The fourth-order valence-corrected chi connectivity index (χ4v) is 2.58. The van der Waals surface area contributed by atoms with Crippen molar-refractivity contribution in [2.24, 2.45) is 5.10 Å². The van der Waals surface area contributed by atoms with Gasteiger partial charge in [-0.15, -0.1) is 0 Å². The van der Waals surface area contributed by atoms with Crippen LogP contribution >= 0.6 is 0 Å². The van der Waals surface area contributed by atoms with Gasteiger partial charge in [0.2, 0.25) is 0 Å². The van der Waals surface area contributed by atoms with E-state index < -0.39 is 0 Å². The minimum absolute atomic E-state index is 0.196. The molecule has 0 fully saturated rings. The van der Waals surface area contributed by atoms with Crippen molar-refractivity contribution in [3.8, 4) is 11.5 Å². The van der Waals surface area contributed by atoms with Crippen LogP contribution in [0.25, 0.3) is 10.9 Å². The van der Waals surface area contributed by atoms with E-state index in [-0.39, 0.29) is 12.5 Å². The van der Waals surface area contributed by atoms with Crippen LogP contribution in [-0.2, 0) is 11.3 Å². The van der Waals surface area contributed by atoms with Crippen LogP contribution in [0.4, 0.5) is 0 Å². The van der Waals surface area contributed by atoms with E-state index in [1.807, 2.05) is 47.2 Å². The summed E-state index contributed by atoms with van der Waals surface area (Å²) in [6.07, 6.45) is 3.45. The monoisotopic (exact) mass is 337 g/mol. The lowest BCUT2D eigenvalue weighted by Crippen LogP contribution is -2.22. The minimum Gasteiger partial charge on any atom is -0.493 e. The van der Waals surface area contributed by atoms with Crippen molar-refractivity contribution in [1.82, 2.24) is 9.99 Å². The van der Waals surface area contributed by atoms with Gasteiger partial charge in [0.15, 0.2) is 11.5 Å². The van der Waals surface area contributed by atoms with Gasteiger partial charge in [0.25, 0.3) is 5.91 Å². The second-order valence-electron chi connectivity index (χ2n) is 5.41. The van der Waals surface area contributed by atoms with Crippen LogP contribution in [0.5, 0.6) is 11.5 Å². The average molecular weight is 337 g/mol. The Balaban J connectivity index is 1.63. The van der Waals surface area contributed by atoms with Gasteiger partial charge in [-0.05, 0) is 41.3 Å². The Bertz CT molecular complexity index is 915. The molecule has 0 aliphatic rings. The van der Waals surface area contributed by atoms with Crippen molar-refractivity contribution in [3.63, 3.8) is 0 Å². The number of fused-ring (bicyclic) bond motifs is 1. The Morgan fingerprint density at radius 3 is 2.72 bits per heavy atom. The minimum atomic E-state index is -0.196. The molecule has 0 unspecified atom stereocenters. The average Bonchev–Trinajstić information content (AvgIpc) is 3.04. The third-order valence-corrected chi connectivity index (χ3v) is 3.80. The first kappa shape index (κ1) is 16.6. The second kappa shape index (κ2) is 7.53. The van der Waals surface area contributed by atoms with Gasteiger partial charge in [-0.25, -0.2) is 5.43 Å². The molecule has 3 rings (SSSR count). The molecule has 2 aromatic carbocycles. The molecule has 6 nitrogen and oxygen atoms in total. The smallest absolute Gasteiger partial charge is 0.259 e. The number of carbonyl (C=O) groups excluding carboxylic acids is 1. The number of rotatable bonds is 6. The SMILES string of the molecule is COc1ccc(/C=N/NC(=O)Cn2ccc3ccccc32)cc1OC. The maximum Gasteiger partial charge on any atom is 0.259 e. The summed E-state index contributed by atoms with van der Waals surface area (Å²) in [5.41, 5.74) is 4.35. The van der Waals surface area contributed by atoms with Crippen molar-refractivity contribution in [2.45, 2.75) is 6.54 Å². The lowest BCUT2D eigenvalue weighted by atomic mass is 10.2. The summed E-state index contributed by atoms with van der Waals surface area (Å²) < 4.78 is 12.3. The third-order valence-electron chi connectivity index (χ3n) is 3.80. The first-order valence-corrected chi connectivity index (χ1v) is 7.79. The van der Waals surface area contributed by atoms with Gasteiger partial charge >= 0.3 is 0 Å². The molecule has 1 heterocycles. The maximum atomic E-state index is 12.1. The maximum absolute atomic E-state index is 12.1. The highest BCUT2D eigenvalue weighted by atomic mass is 16.5. The summed E-state index contributed by atoms with van der Waals surface area (Å²) in [5.74, 6) is 1.05. The van der Waals surface area contributed by atoms with Crippen LogP contribution in [0.1, 0.15) is 5.56 Å². The topological polar surface area (TPSA) is 64.8 Å². The lowest BCUT2D eigenvalue weighted by molar-refractivity contribution is -0.121. The molecule has 0 saturated heterocycles. The van der Waals surface area contributed by atoms with Crippen molar-refractivity contribution in [2.75, 3.05) is 14.2 Å². The molecular formula is C19H19N3O3. The molecule has 0 saturated carbocycles. The molecule has 6 heteroatoms. The number of hydrogen-bond acceptors (Lipinski definition) is 4. The first-order valence-electron chi connectivity index (χ1n) is 7.79. The largest absolute Gasteiger partial charge is 0.493 e. The van der Waals surface area contributed by atoms with E-state index in [0.717, 1.165) is 16.5 Å². The van der Waals surface area contributed by atoms with Gasteiger partial charge in [0.1, 0.15) is 6.54 Å². The lowest BCUT2D eigenvalue weighted by Gasteiger charge is -2.07. The van der Waals surface area contributed by atoms with Crippen molar-refractivity contribution in [1.29, 1.82) is 0 Å². The second-order valence-corrected chi connectivity index (χ2v) is 5.41. The predicted octanol–water partition coefficient (Wildman–Crippen LogP) is 2.81. The summed E-state index contributed by atoms with van der Waals surface area (Å²) in [6, 6.07) is 15.3. The van der Waals surface area contributed by atoms with Crippen LogP contribution in [0.2, 0.25) is 0 Å². The van der Waals surface area contributed by atoms with E-state index in [0.29, 0.717) is 11.5 Å². The molecular weight excluding hydrogens is 318 g/mol. The molecule has 1 N–H and O–H groups in total. The zero-order valence-electron chi connectivity index (χ0n) is 14.1. The van der Waals surface area contributed by atoms with E-state index in [2.05, 4.69) is 10.5 Å². The highest BCUT2D eigenvalue weighted by Gasteiger charge is 2.05. The molecule has 0 aliphatic carbocycles. The molecule has 0 bridgehead atoms. The number of carbonyl (C=O) groups is 1. The molecule has 0 atom stereocenters. The number of nitrogens with one attached hydrogen (secondary N) is 1. The summed E-state index contributed by atoms with van der Waals surface area (Å²) in [7, 11) is 3.15. The molecule has 25 heavy (non-hydrogen) atoms. The van der Waals surface area contributed by atoms with Crippen LogP contribution in [0.3, 0.4) is 0 Å². The first-order chi connectivity index (χ1) is 12.2. The molecule has 1 amide bonds. The summed E-state index contributed by atoms with van der Waals surface area (Å²) >= 11 is 0. The Morgan fingerprint density at radius 1 is 1.12 bits per heavy atom. The molecule has 3 aromatic rings. The Morgan fingerprint density at radius 2 is 1.92 bits per heavy atom. The molecule has 0 spiro atoms. The van der Waals surface area contributed by atoms with E-state index in [9.17, 15) is 4.79 Å². The predicted molar refractivity (Wildman–Crippen MR) is 97.2 cm³/mol. The molecule has 1 aromatic heterocycles. The molecule has 128 valence electrons. The summed E-state index contributed by atoms with van der Waals surface area (Å²) in [5, 5.41) is 5.10. The fraction of sp³-hybridized carbons (Fsp3) is 0.158. The van der Waals surface area contributed by atoms with Gasteiger partial charge in [-0.2, -0.15) is 5.10 Å². The number of hydrogen-bond donors (Lipinski definition) is 1. The highest BCUT2D eigenvalue weighted by Crippen LogP contribution is 2.26. The van der Waals surface area contributed by atoms with E-state index in [1.54, 1.807) is 32.6 Å². The Hall–Kier alpha value is -3.28. The highest BCUT2D eigenvalue weighted by molar-refractivity contribution is 5.85. The van der Waals surface area contributed by atoms with E-state index in [4.69, 9.17) is 9.47 Å². The number of para-hydroxylation sites is 1. The normalized spacial score (nSPS) is 11.0. The number of methoxy groups -OCH3 is 2. The Labute approximate surface area is 145 Å². The van der Waals surface area contributed by atoms with Crippen LogP contribution < -0.4 is 14.9 Å². The Kier molecular flexibility index (Phi) is 4.99. The summed E-state index contributed by atoms with van der Waals surface area (Å²) in [6.45, 7) is 0.205. The van der Waals surface area contributed by atoms with E-state index in [1.165, 1.54) is 0 Å². The fourth-order valence-electron chi connectivity index (χ4n) is 2.58. The number of nitrogens with zero attached hydrogens (tertiary/aromatic N) is 2. The molecule has 0 aliphatic heterocycles. The van der Waals surface area contributed by atoms with Gasteiger partial charge in [-0.3, -0.25) is 4.79 Å². The molecule has 0 radical (unpaired) electrons. The van der Waals surface area contributed by atoms with Gasteiger partial charge in [-0.1, -0.05) is 18.2 Å². The number of amides is 1. The quantitative estimate of drug-likeness (QED) is 0.556. The van der Waals surface area contributed by atoms with Gasteiger partial charge in [0.05, 0.1) is 20.4 Å². The third kappa shape index (κ3) is 3.80. The standard InChI is InChI=1S/C19H19N3O3/c1-24-17-8-7-14(11-18(17)25-2)12-20-21-19(23)13-22-10-9-15-5-3-4-6-16(15)22/h3-12H,13H2,1-2H3,(H,21,23)/b20-12+. The number of aromatic nitrogens is 1. The van der Waals surface area contributed by atoms with Crippen LogP contribution in [0.15, 0.2) is 59.8 Å². The van der Waals surface area contributed by atoms with Gasteiger partial charge in [0, 0.05) is 11.7 Å². The zero-order chi connectivity index (χ0) is 17.6. The van der Waals surface area contributed by atoms with Crippen LogP contribution in [-0.4, -0.2) is 30.9 Å².